The Bertz CT molecular complexity index is 653. The summed E-state index contributed by atoms with van der Waals surface area (Å²) in [4.78, 5) is 20.3. The minimum Gasteiger partial charge on any atom is -0.376 e. The van der Waals surface area contributed by atoms with E-state index in [9.17, 15) is 4.79 Å². The van der Waals surface area contributed by atoms with Crippen molar-refractivity contribution in [3.05, 3.63) is 24.2 Å². The van der Waals surface area contributed by atoms with Crippen LogP contribution in [0.2, 0.25) is 0 Å². The topological polar surface area (TPSA) is 90.1 Å². The predicted octanol–water partition coefficient (Wildman–Crippen LogP) is 1.83. The average Bonchev–Trinajstić information content (AvgIpc) is 3.23. The fourth-order valence-electron chi connectivity index (χ4n) is 2.23. The number of rotatable bonds is 6. The SMILES string of the molecule is Cc1noc(-c2ccc(SCC(=O)NC[C@H]3CCCO3)nc2)n1. The van der Waals surface area contributed by atoms with Crippen LogP contribution in [0.4, 0.5) is 0 Å². The van der Waals surface area contributed by atoms with Crippen LogP contribution in [0.3, 0.4) is 0 Å². The standard InChI is InChI=1S/C15H18N4O3S/c1-10-18-15(22-19-10)11-4-5-14(17-7-11)23-9-13(20)16-8-12-3-2-6-21-12/h4-5,7,12H,2-3,6,8-9H2,1H3,(H,16,20)/t12-/m1/s1. The van der Waals surface area contributed by atoms with Crippen molar-refractivity contribution in [1.29, 1.82) is 0 Å². The molecule has 8 heteroatoms. The van der Waals surface area contributed by atoms with Gasteiger partial charge < -0.3 is 14.6 Å². The summed E-state index contributed by atoms with van der Waals surface area (Å²) in [6.45, 7) is 3.15. The van der Waals surface area contributed by atoms with E-state index in [0.717, 1.165) is 30.0 Å². The third-order valence-electron chi connectivity index (χ3n) is 3.41. The largest absolute Gasteiger partial charge is 0.376 e. The Hall–Kier alpha value is -1.93. The van der Waals surface area contributed by atoms with E-state index in [2.05, 4.69) is 20.4 Å². The summed E-state index contributed by atoms with van der Waals surface area (Å²) < 4.78 is 10.6. The second kappa shape index (κ2) is 7.56. The molecule has 23 heavy (non-hydrogen) atoms. The van der Waals surface area contributed by atoms with E-state index in [0.29, 0.717) is 24.0 Å². The van der Waals surface area contributed by atoms with Crippen molar-refractivity contribution in [2.24, 2.45) is 0 Å². The van der Waals surface area contributed by atoms with Crippen LogP contribution in [0.1, 0.15) is 18.7 Å². The molecule has 7 nitrogen and oxygen atoms in total. The quantitative estimate of drug-likeness (QED) is 0.806. The lowest BCUT2D eigenvalue weighted by atomic mass is 10.2. The molecule has 1 aliphatic heterocycles. The monoisotopic (exact) mass is 334 g/mol. The van der Waals surface area contributed by atoms with Crippen LogP contribution < -0.4 is 5.32 Å². The van der Waals surface area contributed by atoms with Crippen molar-refractivity contribution in [2.45, 2.75) is 30.9 Å². The van der Waals surface area contributed by atoms with Crippen LogP contribution in [-0.4, -0.2) is 46.0 Å². The Morgan fingerprint density at radius 1 is 1.48 bits per heavy atom. The van der Waals surface area contributed by atoms with Crippen LogP contribution in [0, 0.1) is 6.92 Å². The Labute approximate surface area is 138 Å². The van der Waals surface area contributed by atoms with Gasteiger partial charge in [-0.15, -0.1) is 0 Å². The summed E-state index contributed by atoms with van der Waals surface area (Å²) in [6, 6.07) is 3.69. The maximum atomic E-state index is 11.8. The molecule has 1 fully saturated rings. The summed E-state index contributed by atoms with van der Waals surface area (Å²) in [6.07, 6.45) is 3.93. The van der Waals surface area contributed by atoms with E-state index in [1.54, 1.807) is 13.1 Å². The predicted molar refractivity (Wildman–Crippen MR) is 85.0 cm³/mol. The number of aryl methyl sites for hydroxylation is 1. The molecule has 0 bridgehead atoms. The lowest BCUT2D eigenvalue weighted by molar-refractivity contribution is -0.119. The zero-order valence-electron chi connectivity index (χ0n) is 12.8. The number of aromatic nitrogens is 3. The molecule has 0 aromatic carbocycles. The summed E-state index contributed by atoms with van der Waals surface area (Å²) in [5.74, 6) is 1.35. The second-order valence-corrected chi connectivity index (χ2v) is 6.26. The smallest absolute Gasteiger partial charge is 0.259 e. The van der Waals surface area contributed by atoms with Gasteiger partial charge in [0, 0.05) is 19.3 Å². The molecule has 3 rings (SSSR count). The molecular weight excluding hydrogens is 316 g/mol. The van der Waals surface area contributed by atoms with E-state index in [-0.39, 0.29) is 12.0 Å². The van der Waals surface area contributed by atoms with Gasteiger partial charge >= 0.3 is 0 Å². The average molecular weight is 334 g/mol. The number of carbonyl (C=O) groups excluding carboxylic acids is 1. The van der Waals surface area contributed by atoms with E-state index in [4.69, 9.17) is 9.26 Å². The minimum atomic E-state index is -0.0103. The molecule has 1 N–H and O–H groups in total. The summed E-state index contributed by atoms with van der Waals surface area (Å²) in [7, 11) is 0. The number of ether oxygens (including phenoxy) is 1. The van der Waals surface area contributed by atoms with Crippen molar-refractivity contribution in [1.82, 2.24) is 20.4 Å². The third kappa shape index (κ3) is 4.52. The molecule has 2 aromatic rings. The molecule has 3 heterocycles. The summed E-state index contributed by atoms with van der Waals surface area (Å²) >= 11 is 1.39. The second-order valence-electron chi connectivity index (χ2n) is 5.26. The van der Waals surface area contributed by atoms with Crippen LogP contribution in [0.5, 0.6) is 0 Å². The molecule has 0 aliphatic carbocycles. The molecule has 0 radical (unpaired) electrons. The molecule has 0 saturated carbocycles. The zero-order chi connectivity index (χ0) is 16.1. The molecule has 2 aromatic heterocycles. The Kier molecular flexibility index (Phi) is 5.24. The summed E-state index contributed by atoms with van der Waals surface area (Å²) in [5.41, 5.74) is 0.762. The van der Waals surface area contributed by atoms with Gasteiger partial charge in [-0.2, -0.15) is 4.98 Å². The van der Waals surface area contributed by atoms with Crippen LogP contribution in [0.25, 0.3) is 11.5 Å². The molecule has 1 aliphatic rings. The van der Waals surface area contributed by atoms with E-state index in [1.165, 1.54) is 11.8 Å². The Morgan fingerprint density at radius 3 is 3.04 bits per heavy atom. The Morgan fingerprint density at radius 2 is 2.39 bits per heavy atom. The number of nitrogens with one attached hydrogen (secondary N) is 1. The normalized spacial score (nSPS) is 17.3. The van der Waals surface area contributed by atoms with Gasteiger partial charge in [0.1, 0.15) is 0 Å². The lowest BCUT2D eigenvalue weighted by Crippen LogP contribution is -2.32. The molecular formula is C15H18N4O3S. The first-order valence-electron chi connectivity index (χ1n) is 7.48. The van der Waals surface area contributed by atoms with Gasteiger partial charge in [-0.3, -0.25) is 4.79 Å². The highest BCUT2D eigenvalue weighted by Gasteiger charge is 2.16. The number of thioether (sulfide) groups is 1. The molecule has 122 valence electrons. The van der Waals surface area contributed by atoms with Gasteiger partial charge in [0.15, 0.2) is 5.82 Å². The van der Waals surface area contributed by atoms with Crippen molar-refractivity contribution >= 4 is 17.7 Å². The van der Waals surface area contributed by atoms with Crippen molar-refractivity contribution in [3.8, 4) is 11.5 Å². The van der Waals surface area contributed by atoms with Crippen LogP contribution in [-0.2, 0) is 9.53 Å². The first kappa shape index (κ1) is 15.9. The zero-order valence-corrected chi connectivity index (χ0v) is 13.6. The maximum absolute atomic E-state index is 11.8. The van der Waals surface area contributed by atoms with Gasteiger partial charge in [0.25, 0.3) is 5.89 Å². The number of hydrogen-bond acceptors (Lipinski definition) is 7. The molecule has 1 atom stereocenters. The van der Waals surface area contributed by atoms with Gasteiger partial charge in [-0.1, -0.05) is 16.9 Å². The van der Waals surface area contributed by atoms with Gasteiger partial charge in [-0.05, 0) is 31.9 Å². The number of hydrogen-bond donors (Lipinski definition) is 1. The third-order valence-corrected chi connectivity index (χ3v) is 4.36. The van der Waals surface area contributed by atoms with E-state index >= 15 is 0 Å². The Balaban J connectivity index is 1.45. The highest BCUT2D eigenvalue weighted by atomic mass is 32.2. The molecule has 0 spiro atoms. The first-order chi connectivity index (χ1) is 11.2. The van der Waals surface area contributed by atoms with Crippen molar-refractivity contribution in [3.63, 3.8) is 0 Å². The van der Waals surface area contributed by atoms with E-state index < -0.39 is 0 Å². The van der Waals surface area contributed by atoms with Crippen LogP contribution >= 0.6 is 11.8 Å². The fraction of sp³-hybridized carbons (Fsp3) is 0.467. The lowest BCUT2D eigenvalue weighted by Gasteiger charge is -2.10. The number of amides is 1. The number of pyridine rings is 1. The van der Waals surface area contributed by atoms with Gasteiger partial charge in [0.2, 0.25) is 5.91 Å². The first-order valence-corrected chi connectivity index (χ1v) is 8.47. The molecule has 1 saturated heterocycles. The van der Waals surface area contributed by atoms with Crippen molar-refractivity contribution in [2.75, 3.05) is 18.9 Å². The minimum absolute atomic E-state index is 0.0103. The summed E-state index contributed by atoms with van der Waals surface area (Å²) in [5, 5.41) is 7.41. The van der Waals surface area contributed by atoms with Gasteiger partial charge in [-0.25, -0.2) is 4.98 Å². The number of nitrogens with zero attached hydrogens (tertiary/aromatic N) is 3. The number of carbonyl (C=O) groups is 1. The highest BCUT2D eigenvalue weighted by Crippen LogP contribution is 2.20. The highest BCUT2D eigenvalue weighted by molar-refractivity contribution is 7.99. The van der Waals surface area contributed by atoms with Gasteiger partial charge in [0.05, 0.1) is 22.4 Å². The molecule has 1 amide bonds. The van der Waals surface area contributed by atoms with Crippen molar-refractivity contribution < 1.29 is 14.1 Å². The van der Waals surface area contributed by atoms with Crippen LogP contribution in [0.15, 0.2) is 27.9 Å². The molecule has 0 unspecified atom stereocenters. The maximum Gasteiger partial charge on any atom is 0.259 e. The fourth-order valence-corrected chi connectivity index (χ4v) is 2.90. The van der Waals surface area contributed by atoms with E-state index in [1.807, 2.05) is 12.1 Å².